The van der Waals surface area contributed by atoms with Crippen LogP contribution >= 0.6 is 0 Å². The fraction of sp³-hybridized carbons (Fsp3) is 0.318. The number of nitrogens with zero attached hydrogens (tertiary/aromatic N) is 2. The van der Waals surface area contributed by atoms with Crippen molar-refractivity contribution < 1.29 is 19.5 Å². The van der Waals surface area contributed by atoms with Gasteiger partial charge in [-0.1, -0.05) is 18.2 Å². The van der Waals surface area contributed by atoms with Crippen molar-refractivity contribution >= 4 is 29.4 Å². The lowest BCUT2D eigenvalue weighted by molar-refractivity contribution is -0.127. The number of hydrogen-bond donors (Lipinski definition) is 6. The first-order valence-electron chi connectivity index (χ1n) is 10.5. The Bertz CT molecular complexity index is 1010. The summed E-state index contributed by atoms with van der Waals surface area (Å²) in [5, 5.41) is 25.2. The summed E-state index contributed by atoms with van der Waals surface area (Å²) in [5.41, 5.74) is 7.10. The van der Waals surface area contributed by atoms with Gasteiger partial charge in [0.15, 0.2) is 0 Å². The molecule has 0 bridgehead atoms. The first kappa shape index (κ1) is 23.5. The van der Waals surface area contributed by atoms with Crippen molar-refractivity contribution in [2.75, 3.05) is 25.0 Å². The number of hydrogen-bond acceptors (Lipinski definition) is 6. The van der Waals surface area contributed by atoms with Crippen molar-refractivity contribution in [3.8, 4) is 0 Å². The molecule has 3 rings (SSSR count). The van der Waals surface area contributed by atoms with Crippen molar-refractivity contribution in [2.45, 2.75) is 24.9 Å². The summed E-state index contributed by atoms with van der Waals surface area (Å²) < 4.78 is 0. The van der Waals surface area contributed by atoms with Gasteiger partial charge in [0.25, 0.3) is 0 Å². The molecular formula is C22H27N7O4. The van der Waals surface area contributed by atoms with E-state index in [1.165, 1.54) is 4.90 Å². The minimum Gasteiger partial charge on any atom is -0.465 e. The highest BCUT2D eigenvalue weighted by Crippen LogP contribution is 2.19. The maximum absolute atomic E-state index is 12.9. The third-order valence-corrected chi connectivity index (χ3v) is 5.28. The van der Waals surface area contributed by atoms with Gasteiger partial charge in [0.2, 0.25) is 11.8 Å². The van der Waals surface area contributed by atoms with Crippen LogP contribution in [0.3, 0.4) is 0 Å². The predicted octanol–water partition coefficient (Wildman–Crippen LogP) is 0.894. The topological polar surface area (TPSA) is 174 Å². The summed E-state index contributed by atoms with van der Waals surface area (Å²) in [5.74, 6) is -0.892. The number of anilines is 1. The molecule has 3 amide bonds. The van der Waals surface area contributed by atoms with Crippen molar-refractivity contribution in [2.24, 2.45) is 5.73 Å². The Morgan fingerprint density at radius 1 is 1.18 bits per heavy atom. The summed E-state index contributed by atoms with van der Waals surface area (Å²) >= 11 is 0. The Labute approximate surface area is 190 Å². The SMILES string of the molecule is N=C(N)c1cccc(NC(C(=O)NCC(=O)NC2CCN(C(=O)O)CC2)c2ccccn2)c1. The van der Waals surface area contributed by atoms with Gasteiger partial charge in [0.1, 0.15) is 11.9 Å². The number of amides is 3. The summed E-state index contributed by atoms with van der Waals surface area (Å²) in [6.07, 6.45) is 1.65. The lowest BCUT2D eigenvalue weighted by Gasteiger charge is -2.30. The number of nitrogen functional groups attached to an aromatic ring is 1. The third-order valence-electron chi connectivity index (χ3n) is 5.28. The molecule has 0 radical (unpaired) electrons. The van der Waals surface area contributed by atoms with Crippen molar-refractivity contribution in [3.63, 3.8) is 0 Å². The molecule has 1 fully saturated rings. The molecule has 1 atom stereocenters. The normalized spacial score (nSPS) is 14.7. The van der Waals surface area contributed by atoms with E-state index in [0.717, 1.165) is 0 Å². The van der Waals surface area contributed by atoms with Crippen molar-refractivity contribution in [3.05, 3.63) is 59.9 Å². The number of aromatic nitrogens is 1. The van der Waals surface area contributed by atoms with Crippen molar-refractivity contribution in [1.82, 2.24) is 20.5 Å². The molecular weight excluding hydrogens is 426 g/mol. The number of carbonyl (C=O) groups excluding carboxylic acids is 2. The fourth-order valence-electron chi connectivity index (χ4n) is 3.53. The first-order valence-corrected chi connectivity index (χ1v) is 10.5. The van der Waals surface area contributed by atoms with E-state index < -0.39 is 18.0 Å². The van der Waals surface area contributed by atoms with Gasteiger partial charge in [0.05, 0.1) is 12.2 Å². The minimum absolute atomic E-state index is 0.0941. The molecule has 11 nitrogen and oxygen atoms in total. The Balaban J connectivity index is 1.60. The van der Waals surface area contributed by atoms with Gasteiger partial charge >= 0.3 is 6.09 Å². The van der Waals surface area contributed by atoms with E-state index in [0.29, 0.717) is 42.9 Å². The van der Waals surface area contributed by atoms with Crippen LogP contribution in [0.25, 0.3) is 0 Å². The summed E-state index contributed by atoms with van der Waals surface area (Å²) in [4.78, 5) is 41.8. The van der Waals surface area contributed by atoms with Gasteiger partial charge in [-0.3, -0.25) is 20.0 Å². The molecule has 11 heteroatoms. The maximum Gasteiger partial charge on any atom is 0.407 e. The molecule has 0 spiro atoms. The number of carboxylic acid groups (broad SMARTS) is 1. The number of pyridine rings is 1. The first-order chi connectivity index (χ1) is 15.8. The minimum atomic E-state index is -0.964. The van der Waals surface area contributed by atoms with Crippen LogP contribution in [0.15, 0.2) is 48.7 Å². The molecule has 1 aromatic carbocycles. The highest BCUT2D eigenvalue weighted by molar-refractivity contribution is 5.96. The molecule has 1 saturated heterocycles. The van der Waals surface area contributed by atoms with Gasteiger partial charge in [-0.05, 0) is 37.1 Å². The average Bonchev–Trinajstić information content (AvgIpc) is 2.82. The standard InChI is InChI=1S/C22H27N7O4/c23-20(24)14-4-3-5-16(12-14)28-19(17-6-1-2-9-25-17)21(31)26-13-18(30)27-15-7-10-29(11-8-15)22(32)33/h1-6,9,12,15,19,28H,7-8,10-11,13H2,(H3,23,24)(H,26,31)(H,27,30)(H,32,33). The highest BCUT2D eigenvalue weighted by atomic mass is 16.4. The van der Waals surface area contributed by atoms with Gasteiger partial charge in [-0.25, -0.2) is 4.79 Å². The Kier molecular flexibility index (Phi) is 7.79. The van der Waals surface area contributed by atoms with Gasteiger partial charge in [-0.2, -0.15) is 0 Å². The number of nitrogens with two attached hydrogens (primary N) is 1. The summed E-state index contributed by atoms with van der Waals surface area (Å²) in [7, 11) is 0. The predicted molar refractivity (Wildman–Crippen MR) is 122 cm³/mol. The number of piperidine rings is 1. The van der Waals surface area contributed by atoms with E-state index in [-0.39, 0.29) is 24.3 Å². The molecule has 33 heavy (non-hydrogen) atoms. The van der Waals surface area contributed by atoms with Crippen LogP contribution in [0.4, 0.5) is 10.5 Å². The Hall–Kier alpha value is -4.15. The van der Waals surface area contributed by atoms with Crippen LogP contribution in [0, 0.1) is 5.41 Å². The van der Waals surface area contributed by atoms with E-state index in [9.17, 15) is 14.4 Å². The molecule has 0 saturated carbocycles. The fourth-order valence-corrected chi connectivity index (χ4v) is 3.53. The van der Waals surface area contributed by atoms with Gasteiger partial charge < -0.3 is 31.7 Å². The molecule has 1 aliphatic rings. The molecule has 2 aromatic rings. The second kappa shape index (κ2) is 10.9. The van der Waals surface area contributed by atoms with Crippen LogP contribution < -0.4 is 21.7 Å². The average molecular weight is 454 g/mol. The van der Waals surface area contributed by atoms with Gasteiger partial charge in [-0.15, -0.1) is 0 Å². The van der Waals surface area contributed by atoms with E-state index >= 15 is 0 Å². The number of nitrogens with one attached hydrogen (secondary N) is 4. The smallest absolute Gasteiger partial charge is 0.407 e. The number of likely N-dealkylation sites (tertiary alicyclic amines) is 1. The maximum atomic E-state index is 12.9. The quantitative estimate of drug-likeness (QED) is 0.254. The van der Waals surface area contributed by atoms with Crippen LogP contribution in [0.1, 0.15) is 30.1 Å². The summed E-state index contributed by atoms with van der Waals surface area (Å²) in [6, 6.07) is 11.0. The molecule has 2 heterocycles. The van der Waals surface area contributed by atoms with Crippen LogP contribution in [0.2, 0.25) is 0 Å². The molecule has 1 unspecified atom stereocenters. The van der Waals surface area contributed by atoms with E-state index in [2.05, 4.69) is 20.9 Å². The third kappa shape index (κ3) is 6.66. The van der Waals surface area contributed by atoms with Crippen molar-refractivity contribution in [1.29, 1.82) is 5.41 Å². The zero-order valence-corrected chi connectivity index (χ0v) is 18.0. The number of rotatable bonds is 8. The summed E-state index contributed by atoms with van der Waals surface area (Å²) in [6.45, 7) is 0.492. The van der Waals surface area contributed by atoms with E-state index in [1.807, 2.05) is 0 Å². The molecule has 1 aromatic heterocycles. The number of carbonyl (C=O) groups is 3. The lowest BCUT2D eigenvalue weighted by Crippen LogP contribution is -2.49. The molecule has 0 aliphatic carbocycles. The largest absolute Gasteiger partial charge is 0.465 e. The Morgan fingerprint density at radius 2 is 1.94 bits per heavy atom. The van der Waals surface area contributed by atoms with Crippen LogP contribution in [-0.2, 0) is 9.59 Å². The zero-order valence-electron chi connectivity index (χ0n) is 18.0. The van der Waals surface area contributed by atoms with Crippen LogP contribution in [-0.4, -0.2) is 64.4 Å². The Morgan fingerprint density at radius 3 is 2.58 bits per heavy atom. The molecule has 7 N–H and O–H groups in total. The number of amidine groups is 1. The number of benzene rings is 1. The van der Waals surface area contributed by atoms with Crippen LogP contribution in [0.5, 0.6) is 0 Å². The zero-order chi connectivity index (χ0) is 23.8. The van der Waals surface area contributed by atoms with E-state index in [1.54, 1.807) is 48.7 Å². The lowest BCUT2D eigenvalue weighted by atomic mass is 10.1. The molecule has 174 valence electrons. The second-order valence-corrected chi connectivity index (χ2v) is 7.66. The highest BCUT2D eigenvalue weighted by Gasteiger charge is 2.25. The second-order valence-electron chi connectivity index (χ2n) is 7.66. The van der Waals surface area contributed by atoms with Gasteiger partial charge in [0, 0.05) is 36.6 Å². The monoisotopic (exact) mass is 453 g/mol. The molecule has 1 aliphatic heterocycles. The van der Waals surface area contributed by atoms with E-state index in [4.69, 9.17) is 16.2 Å².